The van der Waals surface area contributed by atoms with Gasteiger partial charge < -0.3 is 13.9 Å². The molecule has 0 aliphatic carbocycles. The SMILES string of the molecule is CCCc1ccc(-c2ccc3c(oc4c(F)c(OCC5CCOC5)ccc43)c2F)cc1. The molecule has 5 rings (SSSR count). The van der Waals surface area contributed by atoms with Gasteiger partial charge in [0, 0.05) is 28.9 Å². The summed E-state index contributed by atoms with van der Waals surface area (Å²) in [7, 11) is 0. The van der Waals surface area contributed by atoms with Crippen LogP contribution in [-0.4, -0.2) is 19.8 Å². The molecular weight excluding hydrogens is 398 g/mol. The number of halogens is 2. The molecule has 1 aromatic heterocycles. The molecule has 0 saturated carbocycles. The fraction of sp³-hybridized carbons (Fsp3) is 0.308. The predicted molar refractivity (Wildman–Crippen MR) is 117 cm³/mol. The number of rotatable bonds is 6. The van der Waals surface area contributed by atoms with Crippen LogP contribution >= 0.6 is 0 Å². The summed E-state index contributed by atoms with van der Waals surface area (Å²) < 4.78 is 47.1. The zero-order valence-electron chi connectivity index (χ0n) is 17.4. The fourth-order valence-corrected chi connectivity index (χ4v) is 4.22. The summed E-state index contributed by atoms with van der Waals surface area (Å²) in [5.74, 6) is -0.709. The van der Waals surface area contributed by atoms with Gasteiger partial charge in [-0.2, -0.15) is 4.39 Å². The van der Waals surface area contributed by atoms with Crippen molar-refractivity contribution >= 4 is 21.9 Å². The molecule has 3 nitrogen and oxygen atoms in total. The van der Waals surface area contributed by atoms with E-state index in [1.807, 2.05) is 24.3 Å². The van der Waals surface area contributed by atoms with Crippen LogP contribution in [0.3, 0.4) is 0 Å². The van der Waals surface area contributed by atoms with Crippen LogP contribution < -0.4 is 4.74 Å². The van der Waals surface area contributed by atoms with Crippen LogP contribution in [0, 0.1) is 17.6 Å². The van der Waals surface area contributed by atoms with Gasteiger partial charge in [-0.25, -0.2) is 4.39 Å². The minimum atomic E-state index is -0.600. The molecule has 0 amide bonds. The number of benzene rings is 3. The highest BCUT2D eigenvalue weighted by atomic mass is 19.1. The second-order valence-electron chi connectivity index (χ2n) is 8.15. The Balaban J connectivity index is 1.51. The van der Waals surface area contributed by atoms with Crippen molar-refractivity contribution in [3.8, 4) is 16.9 Å². The van der Waals surface area contributed by atoms with Gasteiger partial charge in [-0.3, -0.25) is 0 Å². The minimum absolute atomic E-state index is 0.0181. The van der Waals surface area contributed by atoms with E-state index in [-0.39, 0.29) is 22.8 Å². The average Bonchev–Trinajstić information content (AvgIpc) is 3.43. The lowest BCUT2D eigenvalue weighted by Crippen LogP contribution is -2.12. The maximum atomic E-state index is 15.4. The molecule has 1 fully saturated rings. The van der Waals surface area contributed by atoms with Crippen molar-refractivity contribution in [1.82, 2.24) is 0 Å². The Bertz CT molecular complexity index is 1220. The normalized spacial score (nSPS) is 16.4. The first-order valence-corrected chi connectivity index (χ1v) is 10.8. The highest BCUT2D eigenvalue weighted by Crippen LogP contribution is 2.38. The van der Waals surface area contributed by atoms with Crippen molar-refractivity contribution in [2.45, 2.75) is 26.2 Å². The van der Waals surface area contributed by atoms with Crippen LogP contribution in [0.5, 0.6) is 5.75 Å². The Morgan fingerprint density at radius 1 is 0.935 bits per heavy atom. The molecule has 31 heavy (non-hydrogen) atoms. The largest absolute Gasteiger partial charge is 0.490 e. The number of fused-ring (bicyclic) bond motifs is 3. The van der Waals surface area contributed by atoms with Crippen LogP contribution in [0.2, 0.25) is 0 Å². The molecule has 0 radical (unpaired) electrons. The van der Waals surface area contributed by atoms with Gasteiger partial charge in [-0.15, -0.1) is 0 Å². The Hall–Kier alpha value is -2.92. The number of furan rings is 1. The third-order valence-corrected chi connectivity index (χ3v) is 5.96. The summed E-state index contributed by atoms with van der Waals surface area (Å²) in [6, 6.07) is 14.7. The second-order valence-corrected chi connectivity index (χ2v) is 8.15. The van der Waals surface area contributed by atoms with Crippen molar-refractivity contribution in [2.24, 2.45) is 5.92 Å². The molecule has 4 aromatic rings. The number of hydrogen-bond donors (Lipinski definition) is 0. The van der Waals surface area contributed by atoms with Crippen LogP contribution in [0.25, 0.3) is 33.1 Å². The molecule has 0 N–H and O–H groups in total. The molecule has 1 unspecified atom stereocenters. The Morgan fingerprint density at radius 3 is 2.39 bits per heavy atom. The summed E-state index contributed by atoms with van der Waals surface area (Å²) in [6.45, 7) is 3.85. The second kappa shape index (κ2) is 8.31. The highest BCUT2D eigenvalue weighted by molar-refractivity contribution is 6.06. The number of ether oxygens (including phenoxy) is 2. The first kappa shape index (κ1) is 20.0. The molecule has 2 heterocycles. The van der Waals surface area contributed by atoms with E-state index in [0.717, 1.165) is 24.8 Å². The molecule has 1 aliphatic rings. The van der Waals surface area contributed by atoms with Crippen LogP contribution in [-0.2, 0) is 11.2 Å². The van der Waals surface area contributed by atoms with Gasteiger partial charge in [0.2, 0.25) is 5.82 Å². The van der Waals surface area contributed by atoms with E-state index in [1.54, 1.807) is 24.3 Å². The van der Waals surface area contributed by atoms with Crippen molar-refractivity contribution in [3.05, 3.63) is 65.7 Å². The summed E-state index contributed by atoms with van der Waals surface area (Å²) in [5, 5.41) is 1.08. The fourth-order valence-electron chi connectivity index (χ4n) is 4.22. The minimum Gasteiger partial charge on any atom is -0.490 e. The zero-order valence-corrected chi connectivity index (χ0v) is 17.4. The summed E-state index contributed by atoms with van der Waals surface area (Å²) in [6.07, 6.45) is 2.95. The Labute approximate surface area is 179 Å². The van der Waals surface area contributed by atoms with Gasteiger partial charge >= 0.3 is 0 Å². The monoisotopic (exact) mass is 422 g/mol. The summed E-state index contributed by atoms with van der Waals surface area (Å²) >= 11 is 0. The average molecular weight is 422 g/mol. The topological polar surface area (TPSA) is 31.6 Å². The van der Waals surface area contributed by atoms with Crippen LogP contribution in [0.15, 0.2) is 52.9 Å². The molecule has 1 aliphatic heterocycles. The van der Waals surface area contributed by atoms with Crippen molar-refractivity contribution < 1.29 is 22.7 Å². The molecule has 0 bridgehead atoms. The Morgan fingerprint density at radius 2 is 1.68 bits per heavy atom. The third kappa shape index (κ3) is 3.68. The van der Waals surface area contributed by atoms with E-state index < -0.39 is 11.6 Å². The highest BCUT2D eigenvalue weighted by Gasteiger charge is 2.22. The van der Waals surface area contributed by atoms with E-state index >= 15 is 8.78 Å². The van der Waals surface area contributed by atoms with Crippen molar-refractivity contribution in [2.75, 3.05) is 19.8 Å². The van der Waals surface area contributed by atoms with E-state index in [1.165, 1.54) is 5.56 Å². The molecule has 0 spiro atoms. The molecular formula is C26H24F2O3. The van der Waals surface area contributed by atoms with Crippen LogP contribution in [0.1, 0.15) is 25.3 Å². The quantitative estimate of drug-likeness (QED) is 0.339. The molecule has 3 aromatic carbocycles. The standard InChI is InChI=1S/C26H24F2O3/c1-2-3-16-4-6-18(7-5-16)19-8-9-20-21-10-11-22(30-15-17-12-13-29-14-17)24(28)26(21)31-25(20)23(19)27/h4-11,17H,2-3,12-15H2,1H3. The van der Waals surface area contributed by atoms with Gasteiger partial charge in [0.25, 0.3) is 0 Å². The van der Waals surface area contributed by atoms with Crippen molar-refractivity contribution in [1.29, 1.82) is 0 Å². The maximum absolute atomic E-state index is 15.4. The summed E-state index contributed by atoms with van der Waals surface area (Å²) in [5.41, 5.74) is 2.50. The van der Waals surface area contributed by atoms with Gasteiger partial charge in [-0.1, -0.05) is 43.7 Å². The molecule has 160 valence electrons. The molecule has 1 atom stereocenters. The van der Waals surface area contributed by atoms with Crippen LogP contribution in [0.4, 0.5) is 8.78 Å². The Kier molecular flexibility index (Phi) is 5.36. The van der Waals surface area contributed by atoms with Gasteiger partial charge in [0.1, 0.15) is 0 Å². The first-order valence-electron chi connectivity index (χ1n) is 10.8. The van der Waals surface area contributed by atoms with Gasteiger partial charge in [0.15, 0.2) is 22.7 Å². The van der Waals surface area contributed by atoms with E-state index in [2.05, 4.69) is 6.92 Å². The lowest BCUT2D eigenvalue weighted by Gasteiger charge is -2.10. The number of aryl methyl sites for hydroxylation is 1. The van der Waals surface area contributed by atoms with E-state index in [0.29, 0.717) is 36.2 Å². The molecule has 1 saturated heterocycles. The lowest BCUT2D eigenvalue weighted by molar-refractivity contribution is 0.165. The smallest absolute Gasteiger partial charge is 0.208 e. The maximum Gasteiger partial charge on any atom is 0.208 e. The lowest BCUT2D eigenvalue weighted by atomic mass is 10.0. The van der Waals surface area contributed by atoms with Crippen molar-refractivity contribution in [3.63, 3.8) is 0 Å². The predicted octanol–water partition coefficient (Wildman–Crippen LogP) is 6.90. The third-order valence-electron chi connectivity index (χ3n) is 5.96. The van der Waals surface area contributed by atoms with Gasteiger partial charge in [-0.05, 0) is 42.2 Å². The zero-order chi connectivity index (χ0) is 21.4. The van der Waals surface area contributed by atoms with E-state index in [9.17, 15) is 0 Å². The molecule has 5 heteroatoms. The first-order chi connectivity index (χ1) is 15.2. The summed E-state index contributed by atoms with van der Waals surface area (Å²) in [4.78, 5) is 0. The number of hydrogen-bond acceptors (Lipinski definition) is 3. The van der Waals surface area contributed by atoms with E-state index in [4.69, 9.17) is 13.9 Å². The van der Waals surface area contributed by atoms with Gasteiger partial charge in [0.05, 0.1) is 13.2 Å².